The Balaban J connectivity index is 1.24. The molecule has 3 aromatic rings. The number of nitrogens with zero attached hydrogens (tertiary/aromatic N) is 2. The number of aldehydes is 1. The number of piperidine rings is 1. The molecule has 1 aromatic heterocycles. The molecular formula is C24H23ClN2O2. The third kappa shape index (κ3) is 3.75. The summed E-state index contributed by atoms with van der Waals surface area (Å²) in [6, 6.07) is 16.5. The predicted octanol–water partition coefficient (Wildman–Crippen LogP) is 5.13. The molecule has 0 N–H and O–H groups in total. The Labute approximate surface area is 175 Å². The Kier molecular flexibility index (Phi) is 4.76. The average Bonchev–Trinajstić information content (AvgIpc) is 3.56. The van der Waals surface area contributed by atoms with Crippen molar-refractivity contribution in [1.82, 2.24) is 9.88 Å². The molecule has 4 nitrogen and oxygen atoms in total. The topological polar surface area (TPSA) is 42.4 Å². The molecule has 148 valence electrons. The van der Waals surface area contributed by atoms with Gasteiger partial charge in [-0.3, -0.25) is 4.90 Å². The molecule has 0 bridgehead atoms. The highest BCUT2D eigenvalue weighted by molar-refractivity contribution is 6.30. The Morgan fingerprint density at radius 3 is 2.41 bits per heavy atom. The lowest BCUT2D eigenvalue weighted by atomic mass is 10.0. The lowest BCUT2D eigenvalue weighted by Crippen LogP contribution is -2.46. The summed E-state index contributed by atoms with van der Waals surface area (Å²) in [5.74, 6) is 0.900. The minimum atomic E-state index is -0.146. The number of halogens is 1. The van der Waals surface area contributed by atoms with Crippen molar-refractivity contribution < 1.29 is 9.53 Å². The summed E-state index contributed by atoms with van der Waals surface area (Å²) in [4.78, 5) is 17.8. The van der Waals surface area contributed by atoms with Crippen LogP contribution in [0.1, 0.15) is 25.7 Å². The molecule has 2 heterocycles. The van der Waals surface area contributed by atoms with Crippen molar-refractivity contribution in [2.75, 3.05) is 13.1 Å². The van der Waals surface area contributed by atoms with Gasteiger partial charge in [-0.05, 0) is 66.5 Å². The summed E-state index contributed by atoms with van der Waals surface area (Å²) in [7, 11) is 0. The molecule has 29 heavy (non-hydrogen) atoms. The van der Waals surface area contributed by atoms with Gasteiger partial charge in [-0.1, -0.05) is 35.9 Å². The van der Waals surface area contributed by atoms with Crippen LogP contribution in [0.25, 0.3) is 21.9 Å². The maximum Gasteiger partial charge on any atom is 0.140 e. The van der Waals surface area contributed by atoms with Crippen LogP contribution in [0.15, 0.2) is 54.7 Å². The normalized spacial score (nSPS) is 19.2. The number of benzene rings is 2. The largest absolute Gasteiger partial charge is 0.490 e. The van der Waals surface area contributed by atoms with E-state index < -0.39 is 0 Å². The van der Waals surface area contributed by atoms with Crippen LogP contribution < -0.4 is 4.74 Å². The van der Waals surface area contributed by atoms with Gasteiger partial charge in [0, 0.05) is 24.7 Å². The first-order chi connectivity index (χ1) is 14.1. The molecule has 0 unspecified atom stereocenters. The number of hydrogen-bond acceptors (Lipinski definition) is 4. The fourth-order valence-corrected chi connectivity index (χ4v) is 4.43. The van der Waals surface area contributed by atoms with Gasteiger partial charge in [0.2, 0.25) is 0 Å². The van der Waals surface area contributed by atoms with E-state index in [9.17, 15) is 4.79 Å². The number of rotatable bonds is 5. The highest BCUT2D eigenvalue weighted by Crippen LogP contribution is 2.41. The third-order valence-electron chi connectivity index (χ3n) is 6.23. The van der Waals surface area contributed by atoms with Gasteiger partial charge in [-0.15, -0.1) is 0 Å². The summed E-state index contributed by atoms with van der Waals surface area (Å²) in [6.07, 6.45) is 7.12. The van der Waals surface area contributed by atoms with E-state index in [1.165, 1.54) is 0 Å². The summed E-state index contributed by atoms with van der Waals surface area (Å²) < 4.78 is 6.21. The number of carbonyl (C=O) groups excluding carboxylic acids is 1. The summed E-state index contributed by atoms with van der Waals surface area (Å²) >= 11 is 6.03. The van der Waals surface area contributed by atoms with Crippen LogP contribution in [-0.4, -0.2) is 40.9 Å². The van der Waals surface area contributed by atoms with E-state index in [0.29, 0.717) is 5.15 Å². The zero-order valence-electron chi connectivity index (χ0n) is 16.2. The second kappa shape index (κ2) is 7.43. The monoisotopic (exact) mass is 406 g/mol. The summed E-state index contributed by atoms with van der Waals surface area (Å²) in [5.41, 5.74) is 2.14. The van der Waals surface area contributed by atoms with Crippen molar-refractivity contribution in [2.24, 2.45) is 0 Å². The van der Waals surface area contributed by atoms with Gasteiger partial charge in [0.1, 0.15) is 23.3 Å². The van der Waals surface area contributed by atoms with Gasteiger partial charge in [0.05, 0.1) is 5.54 Å². The quantitative estimate of drug-likeness (QED) is 0.435. The molecule has 1 saturated carbocycles. The SMILES string of the molecule is O=CC1(N2CCC(Oc3ccc(-c4ccc5cnc(Cl)cc5c4)cc3)CC2)CC1. The summed E-state index contributed by atoms with van der Waals surface area (Å²) in [5, 5.41) is 2.66. The lowest BCUT2D eigenvalue weighted by Gasteiger charge is -2.35. The van der Waals surface area contributed by atoms with Crippen molar-refractivity contribution in [1.29, 1.82) is 0 Å². The van der Waals surface area contributed by atoms with Crippen LogP contribution in [0.4, 0.5) is 0 Å². The number of ether oxygens (including phenoxy) is 1. The fourth-order valence-electron chi connectivity index (χ4n) is 4.27. The number of pyridine rings is 1. The van der Waals surface area contributed by atoms with E-state index in [2.05, 4.69) is 40.2 Å². The van der Waals surface area contributed by atoms with Gasteiger partial charge in [0.25, 0.3) is 0 Å². The van der Waals surface area contributed by atoms with Crippen LogP contribution >= 0.6 is 11.6 Å². The molecule has 1 aliphatic heterocycles. The zero-order valence-corrected chi connectivity index (χ0v) is 16.9. The maximum atomic E-state index is 11.3. The molecule has 2 aliphatic rings. The van der Waals surface area contributed by atoms with E-state index in [4.69, 9.17) is 16.3 Å². The first-order valence-corrected chi connectivity index (χ1v) is 10.6. The standard InChI is InChI=1S/C24H23ClN2O2/c25-23-14-20-13-18(1-2-19(20)15-26-23)17-3-5-21(6-4-17)29-22-7-11-27(12-8-22)24(16-28)9-10-24/h1-6,13-16,22H,7-12H2. The van der Waals surface area contributed by atoms with Crippen molar-refractivity contribution in [3.8, 4) is 16.9 Å². The number of likely N-dealkylation sites (tertiary alicyclic amines) is 1. The third-order valence-corrected chi connectivity index (χ3v) is 6.44. The first-order valence-electron chi connectivity index (χ1n) is 10.2. The molecule has 5 rings (SSSR count). The smallest absolute Gasteiger partial charge is 0.140 e. The number of fused-ring (bicyclic) bond motifs is 1. The maximum absolute atomic E-state index is 11.3. The predicted molar refractivity (Wildman–Crippen MR) is 115 cm³/mol. The first kappa shape index (κ1) is 18.6. The zero-order chi connectivity index (χ0) is 19.8. The Hall–Kier alpha value is -2.43. The molecule has 0 atom stereocenters. The van der Waals surface area contributed by atoms with E-state index in [0.717, 1.165) is 72.7 Å². The molecule has 0 amide bonds. The van der Waals surface area contributed by atoms with Gasteiger partial charge in [-0.2, -0.15) is 0 Å². The second-order valence-corrected chi connectivity index (χ2v) is 8.51. The van der Waals surface area contributed by atoms with Gasteiger partial charge < -0.3 is 9.53 Å². The van der Waals surface area contributed by atoms with Crippen LogP contribution in [-0.2, 0) is 4.79 Å². The summed E-state index contributed by atoms with van der Waals surface area (Å²) in [6.45, 7) is 1.88. The Morgan fingerprint density at radius 2 is 1.72 bits per heavy atom. The number of carbonyl (C=O) groups is 1. The van der Waals surface area contributed by atoms with Crippen molar-refractivity contribution in [3.05, 3.63) is 59.9 Å². The molecule has 0 radical (unpaired) electrons. The Bertz CT molecular complexity index is 1040. The Morgan fingerprint density at radius 1 is 1.00 bits per heavy atom. The molecule has 2 aromatic carbocycles. The lowest BCUT2D eigenvalue weighted by molar-refractivity contribution is -0.114. The molecular weight excluding hydrogens is 384 g/mol. The highest BCUT2D eigenvalue weighted by Gasteiger charge is 2.48. The van der Waals surface area contributed by atoms with Crippen LogP contribution in [0, 0.1) is 0 Å². The van der Waals surface area contributed by atoms with Crippen molar-refractivity contribution in [2.45, 2.75) is 37.3 Å². The van der Waals surface area contributed by atoms with Crippen molar-refractivity contribution in [3.63, 3.8) is 0 Å². The molecule has 1 saturated heterocycles. The van der Waals surface area contributed by atoms with E-state index >= 15 is 0 Å². The number of aromatic nitrogens is 1. The van der Waals surface area contributed by atoms with Crippen LogP contribution in [0.2, 0.25) is 5.15 Å². The number of hydrogen-bond donors (Lipinski definition) is 0. The fraction of sp³-hybridized carbons (Fsp3) is 0.333. The van der Waals surface area contributed by atoms with Crippen LogP contribution in [0.5, 0.6) is 5.75 Å². The van der Waals surface area contributed by atoms with Gasteiger partial charge >= 0.3 is 0 Å². The van der Waals surface area contributed by atoms with E-state index in [1.807, 2.05) is 18.2 Å². The van der Waals surface area contributed by atoms with Crippen molar-refractivity contribution >= 4 is 28.7 Å². The molecule has 5 heteroatoms. The molecule has 1 aliphatic carbocycles. The van der Waals surface area contributed by atoms with E-state index in [1.54, 1.807) is 6.20 Å². The van der Waals surface area contributed by atoms with Gasteiger partial charge in [0.15, 0.2) is 0 Å². The molecule has 2 fully saturated rings. The van der Waals surface area contributed by atoms with E-state index in [-0.39, 0.29) is 11.6 Å². The second-order valence-electron chi connectivity index (χ2n) is 8.12. The van der Waals surface area contributed by atoms with Crippen LogP contribution in [0.3, 0.4) is 0 Å². The average molecular weight is 407 g/mol. The highest BCUT2D eigenvalue weighted by atomic mass is 35.5. The molecule has 0 spiro atoms. The minimum Gasteiger partial charge on any atom is -0.490 e. The van der Waals surface area contributed by atoms with Gasteiger partial charge in [-0.25, -0.2) is 4.98 Å². The minimum absolute atomic E-state index is 0.146.